The van der Waals surface area contributed by atoms with E-state index in [2.05, 4.69) is 0 Å². The van der Waals surface area contributed by atoms with E-state index in [1.807, 2.05) is 6.92 Å². The maximum Gasteiger partial charge on any atom is 0.309 e. The second-order valence-corrected chi connectivity index (χ2v) is 4.02. The van der Waals surface area contributed by atoms with Crippen molar-refractivity contribution in [2.45, 2.75) is 39.0 Å². The molecule has 66 valence electrons. The summed E-state index contributed by atoms with van der Waals surface area (Å²) in [6.07, 6.45) is 1.35. The topological polar surface area (TPSA) is 37.3 Å². The van der Waals surface area contributed by atoms with Crippen molar-refractivity contribution in [2.24, 2.45) is 5.41 Å². The van der Waals surface area contributed by atoms with Crippen LogP contribution >= 0.6 is 11.6 Å². The van der Waals surface area contributed by atoms with Crippen LogP contribution in [0.2, 0.25) is 0 Å². The molecule has 0 aliphatic carbocycles. The molecule has 0 aliphatic rings. The molecule has 1 unspecified atom stereocenters. The normalized spacial score (nSPS) is 14.5. The van der Waals surface area contributed by atoms with Crippen molar-refractivity contribution in [1.82, 2.24) is 0 Å². The van der Waals surface area contributed by atoms with Crippen LogP contribution in [0, 0.1) is 5.41 Å². The Balaban J connectivity index is 4.01. The maximum atomic E-state index is 10.6. The number of rotatable bonds is 4. The zero-order valence-electron chi connectivity index (χ0n) is 7.22. The summed E-state index contributed by atoms with van der Waals surface area (Å²) in [5.41, 5.74) is -0.692. The van der Waals surface area contributed by atoms with E-state index in [9.17, 15) is 4.79 Å². The Morgan fingerprint density at radius 1 is 1.64 bits per heavy atom. The van der Waals surface area contributed by atoms with E-state index in [1.165, 1.54) is 0 Å². The quantitative estimate of drug-likeness (QED) is 0.672. The van der Waals surface area contributed by atoms with Crippen molar-refractivity contribution in [3.05, 3.63) is 0 Å². The van der Waals surface area contributed by atoms with Crippen molar-refractivity contribution in [3.8, 4) is 0 Å². The van der Waals surface area contributed by atoms with Gasteiger partial charge in [0, 0.05) is 5.38 Å². The first-order valence-electron chi connectivity index (χ1n) is 3.77. The van der Waals surface area contributed by atoms with Crippen LogP contribution in [0.5, 0.6) is 0 Å². The van der Waals surface area contributed by atoms with Crippen molar-refractivity contribution in [1.29, 1.82) is 0 Å². The third-order valence-electron chi connectivity index (χ3n) is 1.75. The monoisotopic (exact) mass is 178 g/mol. The molecule has 0 amide bonds. The predicted octanol–water partition coefficient (Wildman–Crippen LogP) is 2.50. The van der Waals surface area contributed by atoms with Crippen LogP contribution in [0.1, 0.15) is 33.6 Å². The van der Waals surface area contributed by atoms with Gasteiger partial charge in [-0.15, -0.1) is 11.6 Å². The summed E-state index contributed by atoms with van der Waals surface area (Å²) in [6, 6.07) is 0. The third-order valence-corrected chi connectivity index (χ3v) is 2.22. The number of aliphatic carboxylic acids is 1. The number of hydrogen-bond acceptors (Lipinski definition) is 1. The van der Waals surface area contributed by atoms with Gasteiger partial charge in [0.2, 0.25) is 0 Å². The lowest BCUT2D eigenvalue weighted by Gasteiger charge is -2.21. The molecule has 0 aromatic carbocycles. The summed E-state index contributed by atoms with van der Waals surface area (Å²) in [5, 5.41) is 8.70. The summed E-state index contributed by atoms with van der Waals surface area (Å²) >= 11 is 5.83. The van der Waals surface area contributed by atoms with E-state index < -0.39 is 11.4 Å². The van der Waals surface area contributed by atoms with E-state index >= 15 is 0 Å². The fourth-order valence-electron chi connectivity index (χ4n) is 0.785. The van der Waals surface area contributed by atoms with Gasteiger partial charge in [-0.3, -0.25) is 4.79 Å². The summed E-state index contributed by atoms with van der Waals surface area (Å²) in [7, 11) is 0. The minimum Gasteiger partial charge on any atom is -0.481 e. The molecule has 11 heavy (non-hydrogen) atoms. The molecular weight excluding hydrogens is 164 g/mol. The number of carbonyl (C=O) groups is 1. The van der Waals surface area contributed by atoms with Gasteiger partial charge < -0.3 is 5.11 Å². The Hall–Kier alpha value is -0.240. The van der Waals surface area contributed by atoms with Crippen LogP contribution in [0.4, 0.5) is 0 Å². The lowest BCUT2D eigenvalue weighted by Crippen LogP contribution is -2.26. The van der Waals surface area contributed by atoms with Crippen LogP contribution < -0.4 is 0 Å². The highest BCUT2D eigenvalue weighted by molar-refractivity contribution is 6.20. The highest BCUT2D eigenvalue weighted by Gasteiger charge is 2.29. The van der Waals surface area contributed by atoms with Crippen LogP contribution in [-0.4, -0.2) is 16.5 Å². The minimum absolute atomic E-state index is 0.0268. The van der Waals surface area contributed by atoms with E-state index in [0.29, 0.717) is 6.42 Å². The van der Waals surface area contributed by atoms with Gasteiger partial charge in [-0.05, 0) is 26.7 Å². The van der Waals surface area contributed by atoms with Gasteiger partial charge >= 0.3 is 5.97 Å². The van der Waals surface area contributed by atoms with E-state index in [-0.39, 0.29) is 5.38 Å². The second kappa shape index (κ2) is 3.96. The van der Waals surface area contributed by atoms with Gasteiger partial charge in [-0.2, -0.15) is 0 Å². The molecule has 0 aliphatic heterocycles. The molecule has 1 atom stereocenters. The van der Waals surface area contributed by atoms with Crippen molar-refractivity contribution >= 4 is 17.6 Å². The molecule has 0 bridgehead atoms. The summed E-state index contributed by atoms with van der Waals surface area (Å²) < 4.78 is 0. The van der Waals surface area contributed by atoms with E-state index in [4.69, 9.17) is 16.7 Å². The number of carboxylic acid groups (broad SMARTS) is 1. The first-order chi connectivity index (χ1) is 4.90. The van der Waals surface area contributed by atoms with E-state index in [0.717, 1.165) is 6.42 Å². The van der Waals surface area contributed by atoms with Crippen molar-refractivity contribution < 1.29 is 9.90 Å². The van der Waals surface area contributed by atoms with Crippen LogP contribution in [0.3, 0.4) is 0 Å². The Morgan fingerprint density at radius 3 is 2.36 bits per heavy atom. The zero-order valence-corrected chi connectivity index (χ0v) is 7.98. The fourth-order valence-corrected chi connectivity index (χ4v) is 1.17. The van der Waals surface area contributed by atoms with Gasteiger partial charge in [-0.25, -0.2) is 0 Å². The van der Waals surface area contributed by atoms with Gasteiger partial charge in [0.05, 0.1) is 5.41 Å². The Morgan fingerprint density at radius 2 is 2.09 bits per heavy atom. The summed E-state index contributed by atoms with van der Waals surface area (Å²) in [4.78, 5) is 10.6. The average Bonchev–Trinajstić information content (AvgIpc) is 1.86. The second-order valence-electron chi connectivity index (χ2n) is 3.40. The standard InChI is InChI=1S/C8H15ClO2/c1-4-6(9)5-8(2,3)7(10)11/h6H,4-5H2,1-3H3,(H,10,11). The molecule has 0 fully saturated rings. The van der Waals surface area contributed by atoms with Gasteiger partial charge in [0.1, 0.15) is 0 Å². The molecule has 0 saturated carbocycles. The van der Waals surface area contributed by atoms with Crippen molar-refractivity contribution in [2.75, 3.05) is 0 Å². The molecule has 0 aromatic rings. The molecule has 0 heterocycles. The molecular formula is C8H15ClO2. The first kappa shape index (κ1) is 10.8. The predicted molar refractivity (Wildman–Crippen MR) is 46.0 cm³/mol. The van der Waals surface area contributed by atoms with Gasteiger partial charge in [0.15, 0.2) is 0 Å². The Bertz CT molecular complexity index is 143. The Kier molecular flexibility index (Phi) is 3.87. The number of carboxylic acids is 1. The SMILES string of the molecule is CCC(Cl)CC(C)(C)C(=O)O. The Labute approximate surface area is 72.6 Å². The highest BCUT2D eigenvalue weighted by atomic mass is 35.5. The number of halogens is 1. The molecule has 0 spiro atoms. The molecule has 2 nitrogen and oxygen atoms in total. The van der Waals surface area contributed by atoms with Crippen LogP contribution in [-0.2, 0) is 4.79 Å². The fraction of sp³-hybridized carbons (Fsp3) is 0.875. The smallest absolute Gasteiger partial charge is 0.309 e. The van der Waals surface area contributed by atoms with Gasteiger partial charge in [-0.1, -0.05) is 6.92 Å². The van der Waals surface area contributed by atoms with Crippen LogP contribution in [0.15, 0.2) is 0 Å². The minimum atomic E-state index is -0.781. The number of alkyl halides is 1. The van der Waals surface area contributed by atoms with Crippen molar-refractivity contribution in [3.63, 3.8) is 0 Å². The van der Waals surface area contributed by atoms with Crippen LogP contribution in [0.25, 0.3) is 0 Å². The lowest BCUT2D eigenvalue weighted by atomic mass is 9.87. The molecule has 1 N–H and O–H groups in total. The first-order valence-corrected chi connectivity index (χ1v) is 4.21. The molecule has 3 heteroatoms. The highest BCUT2D eigenvalue weighted by Crippen LogP contribution is 2.26. The molecule has 0 radical (unpaired) electrons. The average molecular weight is 179 g/mol. The van der Waals surface area contributed by atoms with E-state index in [1.54, 1.807) is 13.8 Å². The summed E-state index contributed by atoms with van der Waals surface area (Å²) in [6.45, 7) is 5.34. The lowest BCUT2D eigenvalue weighted by molar-refractivity contribution is -0.147. The zero-order chi connectivity index (χ0) is 9.07. The molecule has 0 aromatic heterocycles. The van der Waals surface area contributed by atoms with Gasteiger partial charge in [0.25, 0.3) is 0 Å². The molecule has 0 saturated heterocycles. The molecule has 0 rings (SSSR count). The largest absolute Gasteiger partial charge is 0.481 e. The maximum absolute atomic E-state index is 10.6. The number of hydrogen-bond donors (Lipinski definition) is 1. The summed E-state index contributed by atoms with van der Waals surface area (Å²) in [5.74, 6) is -0.781. The third kappa shape index (κ3) is 3.61.